The SMILES string of the molecule is COC1CN(CCCOc2ccc(N)cc2)CC1OC. The molecular formula is C15H24N2O3. The van der Waals surface area contributed by atoms with Crippen molar-refractivity contribution in [3.05, 3.63) is 24.3 Å². The molecule has 0 saturated carbocycles. The number of hydrogen-bond donors (Lipinski definition) is 1. The molecule has 1 aliphatic rings. The van der Waals surface area contributed by atoms with Crippen LogP contribution in [0.25, 0.3) is 0 Å². The topological polar surface area (TPSA) is 57.0 Å². The van der Waals surface area contributed by atoms with Gasteiger partial charge in [-0.05, 0) is 30.7 Å². The number of ether oxygens (including phenoxy) is 3. The van der Waals surface area contributed by atoms with Crippen molar-refractivity contribution in [2.24, 2.45) is 0 Å². The maximum Gasteiger partial charge on any atom is 0.119 e. The molecule has 2 N–H and O–H groups in total. The molecule has 1 aromatic rings. The summed E-state index contributed by atoms with van der Waals surface area (Å²) in [5, 5.41) is 0. The van der Waals surface area contributed by atoms with Crippen molar-refractivity contribution in [3.8, 4) is 5.75 Å². The van der Waals surface area contributed by atoms with Crippen LogP contribution in [0.15, 0.2) is 24.3 Å². The average Bonchev–Trinajstić information content (AvgIpc) is 2.88. The molecule has 1 aliphatic heterocycles. The fourth-order valence-corrected chi connectivity index (χ4v) is 2.50. The minimum Gasteiger partial charge on any atom is -0.494 e. The van der Waals surface area contributed by atoms with Gasteiger partial charge in [0.05, 0.1) is 18.8 Å². The monoisotopic (exact) mass is 280 g/mol. The van der Waals surface area contributed by atoms with Gasteiger partial charge in [-0.2, -0.15) is 0 Å². The first-order valence-electron chi connectivity index (χ1n) is 6.99. The number of rotatable bonds is 7. The van der Waals surface area contributed by atoms with Gasteiger partial charge in [0.2, 0.25) is 0 Å². The van der Waals surface area contributed by atoms with E-state index in [0.29, 0.717) is 6.61 Å². The zero-order valence-corrected chi connectivity index (χ0v) is 12.2. The molecule has 1 fully saturated rings. The standard InChI is InChI=1S/C15H24N2O3/c1-18-14-10-17(11-15(14)19-2)8-3-9-20-13-6-4-12(16)5-7-13/h4-7,14-15H,3,8-11,16H2,1-2H3. The minimum absolute atomic E-state index is 0.179. The molecule has 20 heavy (non-hydrogen) atoms. The molecule has 5 nitrogen and oxygen atoms in total. The van der Waals surface area contributed by atoms with Crippen molar-refractivity contribution in [3.63, 3.8) is 0 Å². The zero-order chi connectivity index (χ0) is 14.4. The normalized spacial score (nSPS) is 23.1. The van der Waals surface area contributed by atoms with Crippen molar-refractivity contribution in [2.45, 2.75) is 18.6 Å². The van der Waals surface area contributed by atoms with E-state index in [9.17, 15) is 0 Å². The second-order valence-corrected chi connectivity index (χ2v) is 5.08. The summed E-state index contributed by atoms with van der Waals surface area (Å²) in [4.78, 5) is 2.36. The third-order valence-corrected chi connectivity index (χ3v) is 3.66. The Hall–Kier alpha value is -1.30. The molecule has 0 amide bonds. The highest BCUT2D eigenvalue weighted by molar-refractivity contribution is 5.41. The second-order valence-electron chi connectivity index (χ2n) is 5.08. The van der Waals surface area contributed by atoms with Crippen LogP contribution >= 0.6 is 0 Å². The molecule has 0 aromatic heterocycles. The number of likely N-dealkylation sites (tertiary alicyclic amines) is 1. The highest BCUT2D eigenvalue weighted by Gasteiger charge is 2.32. The Morgan fingerprint density at radius 2 is 1.70 bits per heavy atom. The Balaban J connectivity index is 1.65. The highest BCUT2D eigenvalue weighted by Crippen LogP contribution is 2.16. The van der Waals surface area contributed by atoms with Gasteiger partial charge in [-0.15, -0.1) is 0 Å². The maximum atomic E-state index is 5.68. The number of nitrogens with zero attached hydrogens (tertiary/aromatic N) is 1. The van der Waals surface area contributed by atoms with Crippen LogP contribution in [-0.2, 0) is 9.47 Å². The van der Waals surface area contributed by atoms with Crippen LogP contribution in [0.4, 0.5) is 5.69 Å². The number of hydrogen-bond acceptors (Lipinski definition) is 5. The molecule has 2 atom stereocenters. The Labute approximate surface area is 120 Å². The van der Waals surface area contributed by atoms with Crippen LogP contribution in [-0.4, -0.2) is 57.6 Å². The van der Waals surface area contributed by atoms with Gasteiger partial charge < -0.3 is 19.9 Å². The van der Waals surface area contributed by atoms with E-state index < -0.39 is 0 Å². The number of nitrogen functional groups attached to an aromatic ring is 1. The molecular weight excluding hydrogens is 256 g/mol. The molecule has 0 spiro atoms. The van der Waals surface area contributed by atoms with E-state index in [0.717, 1.165) is 37.5 Å². The molecule has 1 aromatic carbocycles. The Morgan fingerprint density at radius 1 is 1.10 bits per heavy atom. The van der Waals surface area contributed by atoms with E-state index >= 15 is 0 Å². The van der Waals surface area contributed by atoms with E-state index in [4.69, 9.17) is 19.9 Å². The third kappa shape index (κ3) is 4.10. The zero-order valence-electron chi connectivity index (χ0n) is 12.2. The molecule has 0 radical (unpaired) electrons. The van der Waals surface area contributed by atoms with Crippen molar-refractivity contribution < 1.29 is 14.2 Å². The maximum absolute atomic E-state index is 5.68. The van der Waals surface area contributed by atoms with Gasteiger partial charge in [0.1, 0.15) is 5.75 Å². The van der Waals surface area contributed by atoms with Crippen LogP contribution < -0.4 is 10.5 Å². The van der Waals surface area contributed by atoms with Crippen LogP contribution in [0, 0.1) is 0 Å². The van der Waals surface area contributed by atoms with Crippen molar-refractivity contribution in [2.75, 3.05) is 46.2 Å². The quantitative estimate of drug-likeness (QED) is 0.604. The highest BCUT2D eigenvalue weighted by atomic mass is 16.5. The fourth-order valence-electron chi connectivity index (χ4n) is 2.50. The average molecular weight is 280 g/mol. The van der Waals surface area contributed by atoms with Crippen LogP contribution in [0.5, 0.6) is 5.75 Å². The number of methoxy groups -OCH3 is 2. The van der Waals surface area contributed by atoms with Gasteiger partial charge in [0.15, 0.2) is 0 Å². The van der Waals surface area contributed by atoms with Crippen molar-refractivity contribution >= 4 is 5.69 Å². The van der Waals surface area contributed by atoms with Crippen LogP contribution in [0.1, 0.15) is 6.42 Å². The smallest absolute Gasteiger partial charge is 0.119 e. The molecule has 0 aliphatic carbocycles. The summed E-state index contributed by atoms with van der Waals surface area (Å²) in [7, 11) is 3.48. The van der Waals surface area contributed by atoms with Gasteiger partial charge in [0.25, 0.3) is 0 Å². The Morgan fingerprint density at radius 3 is 2.25 bits per heavy atom. The van der Waals surface area contributed by atoms with E-state index in [1.165, 1.54) is 0 Å². The van der Waals surface area contributed by atoms with Crippen molar-refractivity contribution in [1.29, 1.82) is 0 Å². The summed E-state index contributed by atoms with van der Waals surface area (Å²) < 4.78 is 16.5. The third-order valence-electron chi connectivity index (χ3n) is 3.66. The summed E-state index contributed by atoms with van der Waals surface area (Å²) in [6, 6.07) is 7.49. The molecule has 1 saturated heterocycles. The van der Waals surface area contributed by atoms with E-state index in [-0.39, 0.29) is 12.2 Å². The lowest BCUT2D eigenvalue weighted by atomic mass is 10.3. The minimum atomic E-state index is 0.179. The van der Waals surface area contributed by atoms with Gasteiger partial charge in [0, 0.05) is 39.5 Å². The van der Waals surface area contributed by atoms with E-state index in [1.54, 1.807) is 14.2 Å². The van der Waals surface area contributed by atoms with E-state index in [2.05, 4.69) is 4.90 Å². The largest absolute Gasteiger partial charge is 0.494 e. The number of benzene rings is 1. The summed E-state index contributed by atoms with van der Waals surface area (Å²) >= 11 is 0. The lowest BCUT2D eigenvalue weighted by Crippen LogP contribution is -2.27. The van der Waals surface area contributed by atoms with Crippen LogP contribution in [0.2, 0.25) is 0 Å². The van der Waals surface area contributed by atoms with Crippen molar-refractivity contribution in [1.82, 2.24) is 4.90 Å². The lowest BCUT2D eigenvalue weighted by molar-refractivity contribution is -0.00461. The van der Waals surface area contributed by atoms with Gasteiger partial charge in [-0.1, -0.05) is 0 Å². The molecule has 2 rings (SSSR count). The predicted molar refractivity (Wildman–Crippen MR) is 79.0 cm³/mol. The Bertz CT molecular complexity index is 385. The number of anilines is 1. The first kappa shape index (κ1) is 15.1. The summed E-state index contributed by atoms with van der Waals surface area (Å²) in [5.74, 6) is 0.866. The summed E-state index contributed by atoms with van der Waals surface area (Å²) in [6.45, 7) is 3.55. The Kier molecular flexibility index (Phi) is 5.64. The first-order valence-corrected chi connectivity index (χ1v) is 6.99. The van der Waals surface area contributed by atoms with Gasteiger partial charge in [-0.3, -0.25) is 4.90 Å². The second kappa shape index (κ2) is 7.47. The lowest BCUT2D eigenvalue weighted by Gasteiger charge is -2.15. The fraction of sp³-hybridized carbons (Fsp3) is 0.600. The summed E-state index contributed by atoms with van der Waals surface area (Å²) in [5.41, 5.74) is 6.39. The van der Waals surface area contributed by atoms with Gasteiger partial charge in [-0.25, -0.2) is 0 Å². The predicted octanol–water partition coefficient (Wildman–Crippen LogP) is 1.38. The van der Waals surface area contributed by atoms with E-state index in [1.807, 2.05) is 24.3 Å². The molecule has 0 bridgehead atoms. The number of nitrogens with two attached hydrogens (primary N) is 1. The van der Waals surface area contributed by atoms with Gasteiger partial charge >= 0.3 is 0 Å². The van der Waals surface area contributed by atoms with Crippen LogP contribution in [0.3, 0.4) is 0 Å². The summed E-state index contributed by atoms with van der Waals surface area (Å²) in [6.07, 6.45) is 1.34. The molecule has 5 heteroatoms. The molecule has 1 heterocycles. The molecule has 112 valence electrons. The first-order chi connectivity index (χ1) is 9.72. The molecule has 2 unspecified atom stereocenters.